The van der Waals surface area contributed by atoms with Crippen LogP contribution < -0.4 is 5.32 Å². The summed E-state index contributed by atoms with van der Waals surface area (Å²) < 4.78 is 17.4. The van der Waals surface area contributed by atoms with Gasteiger partial charge in [-0.1, -0.05) is 42.1 Å². The molecule has 1 aromatic heterocycles. The molecule has 10 heteroatoms. The number of nitrogens with one attached hydrogen (secondary N) is 2. The fraction of sp³-hybridized carbons (Fsp3) is 0.208. The minimum Gasteiger partial charge on any atom is -0.616 e. The fourth-order valence-electron chi connectivity index (χ4n) is 3.22. The molecular weight excluding hydrogens is 468 g/mol. The lowest BCUT2D eigenvalue weighted by atomic mass is 9.92. The number of methoxy groups -OCH3 is 1. The number of thioether (sulfide) groups is 1. The first-order chi connectivity index (χ1) is 16.5. The topological polar surface area (TPSA) is 141 Å². The zero-order chi connectivity index (χ0) is 24.5. The van der Waals surface area contributed by atoms with E-state index in [4.69, 9.17) is 10.1 Å². The van der Waals surface area contributed by atoms with E-state index in [1.807, 2.05) is 30.3 Å². The molecule has 2 N–H and O–H groups in total. The third kappa shape index (κ3) is 5.74. The fourth-order valence-corrected chi connectivity index (χ4v) is 5.46. The van der Waals surface area contributed by atoms with E-state index in [9.17, 15) is 15.1 Å². The Morgan fingerprint density at radius 3 is 2.62 bits per heavy atom. The molecule has 0 aliphatic carbocycles. The van der Waals surface area contributed by atoms with Crippen molar-refractivity contribution < 1.29 is 9.29 Å². The van der Waals surface area contributed by atoms with Gasteiger partial charge in [-0.15, -0.1) is 0 Å². The molecule has 0 amide bonds. The van der Waals surface area contributed by atoms with E-state index in [1.54, 1.807) is 26.4 Å². The van der Waals surface area contributed by atoms with Gasteiger partial charge in [-0.25, -0.2) is 9.98 Å². The number of benzene rings is 1. The number of amidine groups is 1. The molecule has 0 radical (unpaired) electrons. The normalized spacial score (nSPS) is 14.9. The number of dihydropyridines is 1. The molecule has 0 spiro atoms. The van der Waals surface area contributed by atoms with E-state index in [0.717, 1.165) is 0 Å². The van der Waals surface area contributed by atoms with Crippen molar-refractivity contribution in [2.45, 2.75) is 5.03 Å². The van der Waals surface area contributed by atoms with Gasteiger partial charge in [0.25, 0.3) is 0 Å². The quantitative estimate of drug-likeness (QED) is 0.405. The van der Waals surface area contributed by atoms with Gasteiger partial charge in [0.15, 0.2) is 10.9 Å². The lowest BCUT2D eigenvalue weighted by Gasteiger charge is -2.17. The van der Waals surface area contributed by atoms with Crippen LogP contribution in [-0.2, 0) is 15.9 Å². The second-order valence-electron chi connectivity index (χ2n) is 6.97. The van der Waals surface area contributed by atoms with Gasteiger partial charge in [0, 0.05) is 43.3 Å². The summed E-state index contributed by atoms with van der Waals surface area (Å²) in [4.78, 5) is 8.81. The molecule has 2 aromatic rings. The smallest absolute Gasteiger partial charge is 0.156 e. The lowest BCUT2D eigenvalue weighted by molar-refractivity contribution is 0.217. The summed E-state index contributed by atoms with van der Waals surface area (Å²) in [7, 11) is 3.27. The highest BCUT2D eigenvalue weighted by atomic mass is 32.3. The van der Waals surface area contributed by atoms with Crippen LogP contribution >= 0.6 is 11.8 Å². The minimum absolute atomic E-state index is 0.0803. The Balaban J connectivity index is 2.21. The average molecular weight is 491 g/mol. The van der Waals surface area contributed by atoms with E-state index in [1.165, 1.54) is 18.0 Å². The Morgan fingerprint density at radius 1 is 1.24 bits per heavy atom. The van der Waals surface area contributed by atoms with Crippen molar-refractivity contribution in [3.05, 3.63) is 65.0 Å². The molecule has 172 valence electrons. The number of rotatable bonds is 9. The summed E-state index contributed by atoms with van der Waals surface area (Å²) in [6.07, 6.45) is 4.85. The zero-order valence-electron chi connectivity index (χ0n) is 18.7. The number of aromatic nitrogens is 1. The largest absolute Gasteiger partial charge is 0.616 e. The summed E-state index contributed by atoms with van der Waals surface area (Å²) in [6, 6.07) is 13.6. The van der Waals surface area contributed by atoms with Gasteiger partial charge in [0.05, 0.1) is 23.4 Å². The Bertz CT molecular complexity index is 1240. The molecule has 1 aliphatic heterocycles. The van der Waals surface area contributed by atoms with Crippen molar-refractivity contribution in [3.8, 4) is 23.3 Å². The molecule has 0 saturated carbocycles. The van der Waals surface area contributed by atoms with Crippen molar-refractivity contribution in [3.63, 3.8) is 0 Å². The zero-order valence-corrected chi connectivity index (χ0v) is 20.3. The van der Waals surface area contributed by atoms with Gasteiger partial charge in [0.1, 0.15) is 22.9 Å². The summed E-state index contributed by atoms with van der Waals surface area (Å²) in [5.74, 6) is 0.453. The number of pyridine rings is 1. The van der Waals surface area contributed by atoms with Gasteiger partial charge < -0.3 is 14.6 Å². The van der Waals surface area contributed by atoms with E-state index in [0.29, 0.717) is 45.4 Å². The molecule has 0 saturated heterocycles. The Morgan fingerprint density at radius 2 is 1.97 bits per heavy atom. The van der Waals surface area contributed by atoms with Crippen molar-refractivity contribution in [1.82, 2.24) is 10.3 Å². The molecule has 1 aliphatic rings. The van der Waals surface area contributed by atoms with E-state index < -0.39 is 11.2 Å². The Kier molecular flexibility index (Phi) is 9.02. The number of nitriles is 2. The number of aliphatic imine (C=N–C) groups is 1. The van der Waals surface area contributed by atoms with Gasteiger partial charge in [0.2, 0.25) is 0 Å². The number of ether oxygens (including phenoxy) is 1. The third-order valence-electron chi connectivity index (χ3n) is 4.78. The monoisotopic (exact) mass is 490 g/mol. The first kappa shape index (κ1) is 25.2. The molecule has 2 heterocycles. The van der Waals surface area contributed by atoms with Crippen molar-refractivity contribution in [2.75, 3.05) is 31.6 Å². The third-order valence-corrected chi connectivity index (χ3v) is 7.50. The number of nitrogens with zero attached hydrogens (tertiary/aromatic N) is 4. The molecule has 8 nitrogen and oxygen atoms in total. The van der Waals surface area contributed by atoms with Crippen LogP contribution in [0.4, 0.5) is 0 Å². The maximum atomic E-state index is 12.4. The summed E-state index contributed by atoms with van der Waals surface area (Å²) in [5, 5.41) is 31.7. The first-order valence-electron chi connectivity index (χ1n) is 10.2. The van der Waals surface area contributed by atoms with Crippen LogP contribution in [0.3, 0.4) is 0 Å². The Hall–Kier alpha value is -3.41. The van der Waals surface area contributed by atoms with Crippen LogP contribution in [0.2, 0.25) is 0 Å². The molecule has 34 heavy (non-hydrogen) atoms. The minimum atomic E-state index is -1.18. The highest BCUT2D eigenvalue weighted by Gasteiger charge is 2.25. The first-order valence-corrected chi connectivity index (χ1v) is 12.6. The van der Waals surface area contributed by atoms with Gasteiger partial charge >= 0.3 is 0 Å². The SMILES string of the molecule is CN/C=C1/C=C(c2nc(SC[S@+]([O-])CCOC)c(C#N)c(-c3ccccc3)c2C#N)C=NC1=N. The molecule has 0 fully saturated rings. The predicted octanol–water partition coefficient (Wildman–Crippen LogP) is 3.49. The number of allylic oxidation sites excluding steroid dienone is 1. The van der Waals surface area contributed by atoms with Gasteiger partial charge in [-0.05, 0) is 22.8 Å². The second-order valence-corrected chi connectivity index (χ2v) is 9.88. The number of hydrogen-bond acceptors (Lipinski definition) is 8. The molecular formula is C24H22N6O2S2. The summed E-state index contributed by atoms with van der Waals surface area (Å²) in [6.45, 7) is 0.371. The van der Waals surface area contributed by atoms with Gasteiger partial charge in [-0.3, -0.25) is 5.41 Å². The van der Waals surface area contributed by atoms with Gasteiger partial charge in [-0.2, -0.15) is 10.5 Å². The van der Waals surface area contributed by atoms with Crippen LogP contribution in [0.25, 0.3) is 16.7 Å². The lowest BCUT2D eigenvalue weighted by Crippen LogP contribution is -2.14. The Labute approximate surface area is 205 Å². The summed E-state index contributed by atoms with van der Waals surface area (Å²) >= 11 is 0.0320. The maximum absolute atomic E-state index is 12.4. The standard InChI is InChI=1S/C24H22N6O2S2/c1-28-13-18-10-17(14-29-23(18)27)22-19(11-25)21(16-6-4-3-5-7-16)20(12-26)24(30-22)33-15-34(31)9-8-32-2/h3-7,10,13-14,27-28H,8-9,15H2,1-2H3/b18-13-,27-23?/t34-/m1/s1. The van der Waals surface area contributed by atoms with Crippen LogP contribution in [-0.4, -0.2) is 53.2 Å². The highest BCUT2D eigenvalue weighted by Crippen LogP contribution is 2.37. The number of hydrogen-bond donors (Lipinski definition) is 2. The molecule has 0 unspecified atom stereocenters. The molecule has 1 aromatic carbocycles. The highest BCUT2D eigenvalue weighted by molar-refractivity contribution is 8.12. The van der Waals surface area contributed by atoms with Crippen LogP contribution in [0.5, 0.6) is 0 Å². The maximum Gasteiger partial charge on any atom is 0.156 e. The van der Waals surface area contributed by atoms with Crippen molar-refractivity contribution in [2.24, 2.45) is 4.99 Å². The molecule has 3 rings (SSSR count). The van der Waals surface area contributed by atoms with Crippen LogP contribution in [0, 0.1) is 28.1 Å². The van der Waals surface area contributed by atoms with E-state index in [2.05, 4.69) is 27.4 Å². The van der Waals surface area contributed by atoms with Crippen LogP contribution in [0.1, 0.15) is 16.8 Å². The van der Waals surface area contributed by atoms with Crippen molar-refractivity contribution >= 4 is 40.6 Å². The summed E-state index contributed by atoms with van der Waals surface area (Å²) in [5.41, 5.74) is 3.09. The molecule has 0 bridgehead atoms. The predicted molar refractivity (Wildman–Crippen MR) is 136 cm³/mol. The van der Waals surface area contributed by atoms with E-state index in [-0.39, 0.29) is 22.0 Å². The second kappa shape index (κ2) is 12.2. The average Bonchev–Trinajstić information content (AvgIpc) is 2.87. The molecule has 1 atom stereocenters. The van der Waals surface area contributed by atoms with Crippen molar-refractivity contribution in [1.29, 1.82) is 15.9 Å². The van der Waals surface area contributed by atoms with Crippen LogP contribution in [0.15, 0.2) is 58.2 Å². The van der Waals surface area contributed by atoms with E-state index >= 15 is 0 Å².